The smallest absolute Gasteiger partial charge is 0.319 e. The van der Waals surface area contributed by atoms with Crippen LogP contribution in [-0.2, 0) is 9.53 Å². The summed E-state index contributed by atoms with van der Waals surface area (Å²) in [6.45, 7) is 7.73. The van der Waals surface area contributed by atoms with Gasteiger partial charge in [-0.25, -0.2) is 4.79 Å². The van der Waals surface area contributed by atoms with Crippen molar-refractivity contribution < 1.29 is 19.1 Å². The first-order valence-electron chi connectivity index (χ1n) is 6.74. The highest BCUT2D eigenvalue weighted by molar-refractivity contribution is 5.85. The number of esters is 1. The Kier molecular flexibility index (Phi) is 4.83. The van der Waals surface area contributed by atoms with E-state index in [1.54, 1.807) is 30.3 Å². The van der Waals surface area contributed by atoms with Gasteiger partial charge in [-0.2, -0.15) is 0 Å². The van der Waals surface area contributed by atoms with Crippen molar-refractivity contribution in [1.82, 2.24) is 10.6 Å². The minimum atomic E-state index is -0.692. The number of rotatable bonds is 5. The third-order valence-corrected chi connectivity index (χ3v) is 3.33. The lowest BCUT2D eigenvalue weighted by Gasteiger charge is -2.33. The van der Waals surface area contributed by atoms with Crippen LogP contribution in [-0.4, -0.2) is 25.7 Å². The second-order valence-electron chi connectivity index (χ2n) is 4.77. The Bertz CT molecular complexity index is 595. The van der Waals surface area contributed by atoms with E-state index in [2.05, 4.69) is 23.8 Å². The lowest BCUT2D eigenvalue weighted by Crippen LogP contribution is -2.50. The van der Waals surface area contributed by atoms with E-state index in [0.717, 1.165) is 5.56 Å². The molecule has 1 aliphatic heterocycles. The van der Waals surface area contributed by atoms with Crippen molar-refractivity contribution >= 4 is 12.0 Å². The molecule has 0 unspecified atom stereocenters. The van der Waals surface area contributed by atoms with Crippen LogP contribution in [0, 0.1) is 5.92 Å². The molecule has 116 valence electrons. The first-order chi connectivity index (χ1) is 10.6. The van der Waals surface area contributed by atoms with Gasteiger partial charge < -0.3 is 20.1 Å². The van der Waals surface area contributed by atoms with Gasteiger partial charge in [0.2, 0.25) is 0 Å². The molecule has 2 rings (SSSR count). The zero-order chi connectivity index (χ0) is 16.1. The van der Waals surface area contributed by atoms with Crippen molar-refractivity contribution in [1.29, 1.82) is 0 Å². The van der Waals surface area contributed by atoms with Gasteiger partial charge in [0.1, 0.15) is 18.3 Å². The van der Waals surface area contributed by atoms with Crippen LogP contribution in [0.15, 0.2) is 49.2 Å². The number of carbonyl (C=O) groups excluding carboxylic acids is 2. The van der Waals surface area contributed by atoms with E-state index in [1.165, 1.54) is 7.11 Å². The Morgan fingerprint density at radius 3 is 2.64 bits per heavy atom. The normalized spacial score (nSPS) is 20.6. The van der Waals surface area contributed by atoms with Gasteiger partial charge in [0.25, 0.3) is 0 Å². The van der Waals surface area contributed by atoms with E-state index in [-0.39, 0.29) is 0 Å². The standard InChI is InChI=1S/C16H18N2O4/c1-4-9-22-12-7-5-11(6-8-12)14-13(15(19)21-3)10(2)17-16(20)18-14/h4-8,13-14H,1-2,9H2,3H3,(H2,17,18,20)/t13-,14-/m1/s1. The minimum absolute atomic E-state index is 0.313. The highest BCUT2D eigenvalue weighted by Gasteiger charge is 2.38. The molecule has 2 atom stereocenters. The van der Waals surface area contributed by atoms with Crippen LogP contribution in [0.4, 0.5) is 4.79 Å². The van der Waals surface area contributed by atoms with E-state index in [1.807, 2.05) is 0 Å². The number of ether oxygens (including phenoxy) is 2. The molecule has 0 spiro atoms. The van der Waals surface area contributed by atoms with Crippen molar-refractivity contribution in [2.24, 2.45) is 5.92 Å². The summed E-state index contributed by atoms with van der Waals surface area (Å²) in [6, 6.07) is 6.17. The van der Waals surface area contributed by atoms with Crippen LogP contribution in [0.1, 0.15) is 11.6 Å². The number of carbonyl (C=O) groups is 2. The number of hydrogen-bond acceptors (Lipinski definition) is 4. The monoisotopic (exact) mass is 302 g/mol. The predicted molar refractivity (Wildman–Crippen MR) is 81.2 cm³/mol. The number of hydrogen-bond donors (Lipinski definition) is 2. The fourth-order valence-corrected chi connectivity index (χ4v) is 2.29. The topological polar surface area (TPSA) is 76.7 Å². The maximum absolute atomic E-state index is 12.0. The molecule has 1 heterocycles. The summed E-state index contributed by atoms with van der Waals surface area (Å²) in [7, 11) is 1.30. The van der Waals surface area contributed by atoms with E-state index < -0.39 is 24.0 Å². The highest BCUT2D eigenvalue weighted by atomic mass is 16.5. The van der Waals surface area contributed by atoms with Crippen LogP contribution >= 0.6 is 0 Å². The van der Waals surface area contributed by atoms with E-state index >= 15 is 0 Å². The van der Waals surface area contributed by atoms with Crippen molar-refractivity contribution in [3.63, 3.8) is 0 Å². The molecule has 0 aromatic heterocycles. The molecule has 6 nitrogen and oxygen atoms in total. The van der Waals surface area contributed by atoms with Crippen LogP contribution in [0.25, 0.3) is 0 Å². The Balaban J connectivity index is 2.25. The van der Waals surface area contributed by atoms with Crippen LogP contribution in [0.5, 0.6) is 5.75 Å². The number of benzene rings is 1. The maximum atomic E-state index is 12.0. The molecule has 1 saturated heterocycles. The Hall–Kier alpha value is -2.76. The number of amides is 2. The number of urea groups is 1. The Morgan fingerprint density at radius 1 is 1.36 bits per heavy atom. The Labute approximate surface area is 128 Å². The zero-order valence-electron chi connectivity index (χ0n) is 12.3. The molecule has 0 aliphatic carbocycles. The molecule has 0 radical (unpaired) electrons. The number of nitrogens with one attached hydrogen (secondary N) is 2. The maximum Gasteiger partial charge on any atom is 0.319 e. The molecule has 1 aliphatic rings. The summed E-state index contributed by atoms with van der Waals surface area (Å²) in [5.74, 6) is -0.477. The highest BCUT2D eigenvalue weighted by Crippen LogP contribution is 2.31. The van der Waals surface area contributed by atoms with Crippen LogP contribution in [0.3, 0.4) is 0 Å². The molecule has 0 saturated carbocycles. The SMILES string of the molecule is C=CCOc1ccc([C@H]2NC(=O)NC(=C)[C@H]2C(=O)OC)cc1. The summed E-state index contributed by atoms with van der Waals surface area (Å²) in [5.41, 5.74) is 1.07. The first-order valence-corrected chi connectivity index (χ1v) is 6.74. The van der Waals surface area contributed by atoms with E-state index in [4.69, 9.17) is 9.47 Å². The molecular formula is C16H18N2O4. The third-order valence-electron chi connectivity index (χ3n) is 3.33. The van der Waals surface area contributed by atoms with Gasteiger partial charge in [-0.15, -0.1) is 0 Å². The van der Waals surface area contributed by atoms with Gasteiger partial charge >= 0.3 is 12.0 Å². The van der Waals surface area contributed by atoms with E-state index in [9.17, 15) is 9.59 Å². The molecule has 1 aromatic carbocycles. The molecular weight excluding hydrogens is 284 g/mol. The fraction of sp³-hybridized carbons (Fsp3) is 0.250. The molecule has 1 aromatic rings. The van der Waals surface area contributed by atoms with Gasteiger partial charge in [0.15, 0.2) is 0 Å². The van der Waals surface area contributed by atoms with Crippen molar-refractivity contribution in [3.8, 4) is 5.75 Å². The molecule has 6 heteroatoms. The van der Waals surface area contributed by atoms with Gasteiger partial charge in [0.05, 0.1) is 13.2 Å². The Morgan fingerprint density at radius 2 is 2.05 bits per heavy atom. The van der Waals surface area contributed by atoms with Gasteiger partial charge in [-0.3, -0.25) is 4.79 Å². The zero-order valence-corrected chi connectivity index (χ0v) is 12.3. The predicted octanol–water partition coefficient (Wildman–Crippen LogP) is 1.91. The summed E-state index contributed by atoms with van der Waals surface area (Å²) < 4.78 is 10.2. The van der Waals surface area contributed by atoms with Crippen molar-refractivity contribution in [3.05, 3.63) is 54.8 Å². The largest absolute Gasteiger partial charge is 0.490 e. The number of methoxy groups -OCH3 is 1. The molecule has 2 N–H and O–H groups in total. The molecule has 2 amide bonds. The summed E-state index contributed by atoms with van der Waals surface area (Å²) in [4.78, 5) is 23.6. The van der Waals surface area contributed by atoms with Crippen LogP contribution in [0.2, 0.25) is 0 Å². The lowest BCUT2D eigenvalue weighted by atomic mass is 9.89. The van der Waals surface area contributed by atoms with Gasteiger partial charge in [-0.05, 0) is 17.7 Å². The third kappa shape index (κ3) is 3.28. The lowest BCUT2D eigenvalue weighted by molar-refractivity contribution is -0.145. The average Bonchev–Trinajstić information content (AvgIpc) is 2.52. The summed E-state index contributed by atoms with van der Waals surface area (Å²) >= 11 is 0. The molecule has 22 heavy (non-hydrogen) atoms. The second-order valence-corrected chi connectivity index (χ2v) is 4.77. The average molecular weight is 302 g/mol. The quantitative estimate of drug-likeness (QED) is 0.643. The fourth-order valence-electron chi connectivity index (χ4n) is 2.29. The van der Waals surface area contributed by atoms with Crippen LogP contribution < -0.4 is 15.4 Å². The van der Waals surface area contributed by atoms with Crippen molar-refractivity contribution in [2.45, 2.75) is 6.04 Å². The van der Waals surface area contributed by atoms with Gasteiger partial charge in [0, 0.05) is 5.70 Å². The summed E-state index contributed by atoms with van der Waals surface area (Å²) in [6.07, 6.45) is 1.65. The van der Waals surface area contributed by atoms with Crippen molar-refractivity contribution in [2.75, 3.05) is 13.7 Å². The molecule has 1 fully saturated rings. The first kappa shape index (κ1) is 15.6. The second kappa shape index (κ2) is 6.80. The van der Waals surface area contributed by atoms with Gasteiger partial charge in [-0.1, -0.05) is 31.4 Å². The van der Waals surface area contributed by atoms with E-state index in [0.29, 0.717) is 18.1 Å². The summed E-state index contributed by atoms with van der Waals surface area (Å²) in [5, 5.41) is 5.22. The minimum Gasteiger partial charge on any atom is -0.490 e. The molecule has 0 bridgehead atoms.